The fourth-order valence-corrected chi connectivity index (χ4v) is 4.08. The second kappa shape index (κ2) is 6.77. The molecule has 0 saturated carbocycles. The van der Waals surface area contributed by atoms with E-state index in [1.807, 2.05) is 0 Å². The molecule has 1 aromatic heterocycles. The number of rotatable bonds is 4. The van der Waals surface area contributed by atoms with Crippen LogP contribution in [0.2, 0.25) is 0 Å². The first-order chi connectivity index (χ1) is 11.4. The van der Waals surface area contributed by atoms with Gasteiger partial charge < -0.3 is 4.90 Å². The van der Waals surface area contributed by atoms with E-state index in [4.69, 9.17) is 5.14 Å². The third-order valence-corrected chi connectivity index (χ3v) is 6.06. The Morgan fingerprint density at radius 3 is 2.24 bits per heavy atom. The second-order valence-corrected chi connectivity index (χ2v) is 8.32. The number of nitrogens with zero attached hydrogens (tertiary/aromatic N) is 1. The van der Waals surface area contributed by atoms with Gasteiger partial charge in [-0.2, -0.15) is 13.2 Å². The molecule has 0 spiro atoms. The van der Waals surface area contributed by atoms with Gasteiger partial charge in [-0.25, -0.2) is 13.6 Å². The van der Waals surface area contributed by atoms with Gasteiger partial charge in [-0.05, 0) is 36.2 Å². The van der Waals surface area contributed by atoms with Crippen LogP contribution in [0.25, 0.3) is 0 Å². The maximum Gasteiger partial charge on any atom is 0.416 e. The number of aryl methyl sites for hydroxylation is 1. The molecule has 0 atom stereocenters. The molecule has 0 aliphatic carbocycles. The molecule has 25 heavy (non-hydrogen) atoms. The molecule has 0 radical (unpaired) electrons. The molecule has 0 saturated heterocycles. The summed E-state index contributed by atoms with van der Waals surface area (Å²) >= 11 is 0.766. The first-order valence-corrected chi connectivity index (χ1v) is 9.30. The summed E-state index contributed by atoms with van der Waals surface area (Å²) in [7, 11) is -2.42. The van der Waals surface area contributed by atoms with E-state index in [9.17, 15) is 26.4 Å². The molecule has 0 bridgehead atoms. The Kier molecular flexibility index (Phi) is 5.26. The minimum atomic E-state index is -4.42. The maximum atomic E-state index is 12.6. The SMILES string of the molecule is Cc1cc(S(N)(=O)=O)sc1C(=O)N(C)Cc1ccc(C(F)(F)F)cc1. The molecular formula is C15H15F3N2O3S2. The number of alkyl halides is 3. The third-order valence-electron chi connectivity index (χ3n) is 3.42. The molecule has 0 fully saturated rings. The molecule has 1 aromatic carbocycles. The zero-order valence-electron chi connectivity index (χ0n) is 13.3. The predicted molar refractivity (Wildman–Crippen MR) is 87.7 cm³/mol. The summed E-state index contributed by atoms with van der Waals surface area (Å²) in [6, 6.07) is 5.80. The van der Waals surface area contributed by atoms with Crippen molar-refractivity contribution in [1.29, 1.82) is 0 Å². The van der Waals surface area contributed by atoms with E-state index in [0.717, 1.165) is 23.5 Å². The van der Waals surface area contributed by atoms with Gasteiger partial charge in [0, 0.05) is 13.6 Å². The maximum absolute atomic E-state index is 12.6. The molecule has 136 valence electrons. The fourth-order valence-electron chi connectivity index (χ4n) is 2.12. The molecule has 0 aliphatic heterocycles. The van der Waals surface area contributed by atoms with Crippen molar-refractivity contribution in [3.05, 3.63) is 51.9 Å². The highest BCUT2D eigenvalue weighted by molar-refractivity contribution is 7.91. The molecule has 1 heterocycles. The lowest BCUT2D eigenvalue weighted by Crippen LogP contribution is -2.26. The number of hydrogen-bond donors (Lipinski definition) is 1. The zero-order chi connectivity index (χ0) is 19.0. The molecule has 0 unspecified atom stereocenters. The molecular weight excluding hydrogens is 377 g/mol. The van der Waals surface area contributed by atoms with Crippen molar-refractivity contribution in [2.45, 2.75) is 23.9 Å². The van der Waals surface area contributed by atoms with Crippen LogP contribution in [0.1, 0.15) is 26.4 Å². The third kappa shape index (κ3) is 4.59. The minimum absolute atomic E-state index is 0.0824. The molecule has 1 amide bonds. The lowest BCUT2D eigenvalue weighted by Gasteiger charge is -2.17. The average Bonchev–Trinajstić information content (AvgIpc) is 2.88. The van der Waals surface area contributed by atoms with E-state index in [-0.39, 0.29) is 15.6 Å². The van der Waals surface area contributed by atoms with Crippen LogP contribution in [0.15, 0.2) is 34.5 Å². The smallest absolute Gasteiger partial charge is 0.337 e. The van der Waals surface area contributed by atoms with Crippen LogP contribution in [0.4, 0.5) is 13.2 Å². The van der Waals surface area contributed by atoms with E-state index in [2.05, 4.69) is 0 Å². The summed E-state index contributed by atoms with van der Waals surface area (Å²) in [6.45, 7) is 1.67. The van der Waals surface area contributed by atoms with Crippen LogP contribution < -0.4 is 5.14 Å². The van der Waals surface area contributed by atoms with Gasteiger partial charge in [0.2, 0.25) is 10.0 Å². The quantitative estimate of drug-likeness (QED) is 0.869. The monoisotopic (exact) mass is 392 g/mol. The highest BCUT2D eigenvalue weighted by Crippen LogP contribution is 2.30. The van der Waals surface area contributed by atoms with Crippen molar-refractivity contribution in [3.8, 4) is 0 Å². The van der Waals surface area contributed by atoms with Crippen molar-refractivity contribution in [2.24, 2.45) is 5.14 Å². The Bertz CT molecular complexity index is 888. The highest BCUT2D eigenvalue weighted by atomic mass is 32.2. The van der Waals surface area contributed by atoms with E-state index in [0.29, 0.717) is 11.1 Å². The van der Waals surface area contributed by atoms with Crippen LogP contribution in [0, 0.1) is 6.92 Å². The highest BCUT2D eigenvalue weighted by Gasteiger charge is 2.30. The van der Waals surface area contributed by atoms with Crippen LogP contribution in [-0.4, -0.2) is 26.3 Å². The standard InChI is InChI=1S/C15H15F3N2O3S2/c1-9-7-12(25(19,22)23)24-13(9)14(21)20(2)8-10-3-5-11(6-4-10)15(16,17)18/h3-7H,8H2,1-2H3,(H2,19,22,23). The number of sulfonamides is 1. The Balaban J connectivity index is 2.17. The predicted octanol–water partition coefficient (Wildman–Crippen LogP) is 2.99. The van der Waals surface area contributed by atoms with Crippen molar-refractivity contribution < 1.29 is 26.4 Å². The van der Waals surface area contributed by atoms with E-state index < -0.39 is 27.7 Å². The van der Waals surface area contributed by atoms with Gasteiger partial charge in [-0.1, -0.05) is 12.1 Å². The molecule has 5 nitrogen and oxygen atoms in total. The lowest BCUT2D eigenvalue weighted by atomic mass is 10.1. The van der Waals surface area contributed by atoms with Gasteiger partial charge in [0.25, 0.3) is 5.91 Å². The number of thiophene rings is 1. The van der Waals surface area contributed by atoms with Crippen molar-refractivity contribution in [3.63, 3.8) is 0 Å². The van der Waals surface area contributed by atoms with Crippen LogP contribution >= 0.6 is 11.3 Å². The Morgan fingerprint density at radius 1 is 1.24 bits per heavy atom. The van der Waals surface area contributed by atoms with Gasteiger partial charge in [0.15, 0.2) is 0 Å². The fraction of sp³-hybridized carbons (Fsp3) is 0.267. The van der Waals surface area contributed by atoms with Crippen molar-refractivity contribution in [1.82, 2.24) is 4.90 Å². The van der Waals surface area contributed by atoms with Gasteiger partial charge >= 0.3 is 6.18 Å². The first-order valence-electron chi connectivity index (χ1n) is 6.94. The number of benzene rings is 1. The minimum Gasteiger partial charge on any atom is -0.337 e. The largest absolute Gasteiger partial charge is 0.416 e. The summed E-state index contributed by atoms with van der Waals surface area (Å²) < 4.78 is 60.3. The summed E-state index contributed by atoms with van der Waals surface area (Å²) in [5.41, 5.74) is 0.222. The number of halogens is 3. The number of hydrogen-bond acceptors (Lipinski definition) is 4. The first kappa shape index (κ1) is 19.4. The van der Waals surface area contributed by atoms with Crippen molar-refractivity contribution in [2.75, 3.05) is 7.05 Å². The topological polar surface area (TPSA) is 80.5 Å². The molecule has 10 heteroatoms. The number of carbonyl (C=O) groups is 1. The summed E-state index contributed by atoms with van der Waals surface area (Å²) in [4.78, 5) is 14.0. The zero-order valence-corrected chi connectivity index (χ0v) is 14.9. The molecule has 0 aliphatic rings. The van der Waals surface area contributed by atoms with Crippen LogP contribution in [0.5, 0.6) is 0 Å². The lowest BCUT2D eigenvalue weighted by molar-refractivity contribution is -0.137. The van der Waals surface area contributed by atoms with Gasteiger partial charge in [-0.15, -0.1) is 11.3 Å². The second-order valence-electron chi connectivity index (χ2n) is 5.48. The van der Waals surface area contributed by atoms with E-state index >= 15 is 0 Å². The Hall–Kier alpha value is -1.91. The summed E-state index contributed by atoms with van der Waals surface area (Å²) in [5, 5.41) is 5.05. The van der Waals surface area contributed by atoms with E-state index in [1.54, 1.807) is 6.92 Å². The summed E-state index contributed by atoms with van der Waals surface area (Å²) in [5.74, 6) is -0.433. The summed E-state index contributed by atoms with van der Waals surface area (Å²) in [6.07, 6.45) is -4.42. The number of nitrogens with two attached hydrogens (primary N) is 1. The Morgan fingerprint density at radius 2 is 1.80 bits per heavy atom. The normalized spacial score (nSPS) is 12.2. The van der Waals surface area contributed by atoms with Gasteiger partial charge in [0.1, 0.15) is 4.21 Å². The molecule has 2 rings (SSSR count). The number of primary sulfonamides is 1. The van der Waals surface area contributed by atoms with Gasteiger partial charge in [0.05, 0.1) is 10.4 Å². The number of amides is 1. The van der Waals surface area contributed by atoms with E-state index in [1.165, 1.54) is 30.1 Å². The Labute approximate surface area is 146 Å². The van der Waals surface area contributed by atoms with Crippen molar-refractivity contribution >= 4 is 27.3 Å². The van der Waals surface area contributed by atoms with Crippen LogP contribution in [0.3, 0.4) is 0 Å². The average molecular weight is 392 g/mol. The van der Waals surface area contributed by atoms with Gasteiger partial charge in [-0.3, -0.25) is 4.79 Å². The number of carbonyl (C=O) groups excluding carboxylic acids is 1. The van der Waals surface area contributed by atoms with Crippen LogP contribution in [-0.2, 0) is 22.7 Å². The molecule has 2 N–H and O–H groups in total. The molecule has 2 aromatic rings.